The highest BCUT2D eigenvalue weighted by Gasteiger charge is 2.72. The van der Waals surface area contributed by atoms with Crippen molar-refractivity contribution >= 4 is 21.8 Å². The molecule has 0 saturated heterocycles. The van der Waals surface area contributed by atoms with Gasteiger partial charge in [-0.15, -0.1) is 0 Å². The minimum absolute atomic E-state index is 0.782. The molecule has 11 rings (SSSR count). The molecule has 0 fully saturated rings. The maximum Gasteiger partial charge on any atom is 0.474 e. The SMILES string of the molecule is Cc1c(-c2ccc(-c3ccccc3)cc2)n[n+]2n1-c1cccc3c1C21c2c(ccc4c5ccccc5n-3c24)Oc2cccc[n+]21. The summed E-state index contributed by atoms with van der Waals surface area (Å²) >= 11 is 0. The highest BCUT2D eigenvalue weighted by atomic mass is 16.5. The lowest BCUT2D eigenvalue weighted by Crippen LogP contribution is -2.77. The van der Waals surface area contributed by atoms with Crippen molar-refractivity contribution in [3.8, 4) is 45.4 Å². The average Bonchev–Trinajstić information content (AvgIpc) is 3.72. The van der Waals surface area contributed by atoms with Crippen LogP contribution in [-0.2, 0) is 5.66 Å². The van der Waals surface area contributed by atoms with E-state index in [-0.39, 0.29) is 0 Å². The van der Waals surface area contributed by atoms with Gasteiger partial charge in [-0.25, -0.2) is 0 Å². The molecule has 6 heteroatoms. The lowest BCUT2D eigenvalue weighted by molar-refractivity contribution is -1.02. The first-order chi connectivity index (χ1) is 22.2. The van der Waals surface area contributed by atoms with Gasteiger partial charge in [-0.2, -0.15) is 0 Å². The van der Waals surface area contributed by atoms with Gasteiger partial charge in [0, 0.05) is 27.5 Å². The van der Waals surface area contributed by atoms with Crippen LogP contribution in [0.15, 0.2) is 134 Å². The Morgan fingerprint density at radius 1 is 0.644 bits per heavy atom. The summed E-state index contributed by atoms with van der Waals surface area (Å²) in [5, 5.41) is 7.97. The predicted molar refractivity (Wildman–Crippen MR) is 172 cm³/mol. The number of ether oxygens (including phenoxy) is 1. The summed E-state index contributed by atoms with van der Waals surface area (Å²) in [6.45, 7) is 2.18. The number of aromatic nitrogens is 5. The molecular weight excluding hydrogens is 554 g/mol. The number of rotatable bonds is 2. The van der Waals surface area contributed by atoms with E-state index in [1.54, 1.807) is 0 Å². The van der Waals surface area contributed by atoms with Crippen LogP contribution in [0, 0.1) is 6.92 Å². The van der Waals surface area contributed by atoms with Crippen molar-refractivity contribution < 1.29 is 14.1 Å². The molecule has 0 aliphatic carbocycles. The van der Waals surface area contributed by atoms with Gasteiger partial charge in [0.05, 0.1) is 27.6 Å². The molecule has 0 N–H and O–H groups in total. The van der Waals surface area contributed by atoms with Gasteiger partial charge in [0.2, 0.25) is 0 Å². The van der Waals surface area contributed by atoms with Crippen molar-refractivity contribution in [2.24, 2.45) is 0 Å². The van der Waals surface area contributed by atoms with Crippen molar-refractivity contribution in [1.29, 1.82) is 0 Å². The van der Waals surface area contributed by atoms with E-state index in [0.29, 0.717) is 0 Å². The Balaban J connectivity index is 1.27. The van der Waals surface area contributed by atoms with E-state index < -0.39 is 5.66 Å². The van der Waals surface area contributed by atoms with Crippen LogP contribution in [0.2, 0.25) is 0 Å². The number of pyridine rings is 1. The smallest absolute Gasteiger partial charge is 0.404 e. The van der Waals surface area contributed by atoms with E-state index in [1.165, 1.54) is 38.7 Å². The van der Waals surface area contributed by atoms with Crippen molar-refractivity contribution in [1.82, 2.24) is 14.3 Å². The summed E-state index contributed by atoms with van der Waals surface area (Å²) in [5.41, 5.74) is 11.7. The lowest BCUT2D eigenvalue weighted by atomic mass is 9.84. The molecule has 3 aliphatic heterocycles. The normalized spacial score (nSPS) is 16.4. The van der Waals surface area contributed by atoms with Crippen LogP contribution in [-0.4, -0.2) is 14.3 Å². The van der Waals surface area contributed by atoms with Gasteiger partial charge in [0.1, 0.15) is 11.4 Å². The molecule has 1 atom stereocenters. The van der Waals surface area contributed by atoms with Crippen molar-refractivity contribution in [2.45, 2.75) is 12.6 Å². The van der Waals surface area contributed by atoms with Crippen molar-refractivity contribution in [3.63, 3.8) is 0 Å². The molecule has 0 amide bonds. The summed E-state index contributed by atoms with van der Waals surface area (Å²) in [6, 6.07) is 45.2. The zero-order valence-electron chi connectivity index (χ0n) is 24.3. The largest absolute Gasteiger partial charge is 0.474 e. The molecular formula is C39H25N5O+2. The summed E-state index contributed by atoms with van der Waals surface area (Å²) in [6.07, 6.45) is 2.14. The molecule has 1 unspecified atom stereocenters. The van der Waals surface area contributed by atoms with Crippen LogP contribution in [0.3, 0.4) is 0 Å². The Hall–Kier alpha value is -6.01. The number of fused-ring (bicyclic) bond motifs is 7. The Bertz CT molecular complexity index is 2580. The van der Waals surface area contributed by atoms with E-state index >= 15 is 0 Å². The third-order valence-electron chi connectivity index (χ3n) is 9.97. The lowest BCUT2D eigenvalue weighted by Gasteiger charge is -2.30. The second kappa shape index (κ2) is 7.92. The number of hydrogen-bond acceptors (Lipinski definition) is 2. The van der Waals surface area contributed by atoms with E-state index in [4.69, 9.17) is 9.84 Å². The number of nitrogens with zero attached hydrogens (tertiary/aromatic N) is 5. The van der Waals surface area contributed by atoms with Gasteiger partial charge in [-0.3, -0.25) is 0 Å². The second-order valence-electron chi connectivity index (χ2n) is 12.1. The molecule has 1 spiro atoms. The van der Waals surface area contributed by atoms with Crippen LogP contribution >= 0.6 is 0 Å². The predicted octanol–water partition coefficient (Wildman–Crippen LogP) is 7.22. The van der Waals surface area contributed by atoms with E-state index in [0.717, 1.165) is 45.3 Å². The molecule has 3 aliphatic rings. The molecule has 3 aromatic heterocycles. The fourth-order valence-electron chi connectivity index (χ4n) is 8.18. The van der Waals surface area contributed by atoms with Gasteiger partial charge in [-0.05, 0) is 54.4 Å². The zero-order valence-corrected chi connectivity index (χ0v) is 24.3. The van der Waals surface area contributed by atoms with Gasteiger partial charge in [0.15, 0.2) is 28.8 Å². The molecule has 0 saturated carbocycles. The van der Waals surface area contributed by atoms with Crippen molar-refractivity contribution in [2.75, 3.05) is 0 Å². The first-order valence-electron chi connectivity index (χ1n) is 15.3. The highest BCUT2D eigenvalue weighted by Crippen LogP contribution is 2.54. The minimum atomic E-state index is -0.785. The third-order valence-corrected chi connectivity index (χ3v) is 9.97. The quantitative estimate of drug-likeness (QED) is 0.203. The molecule has 5 aromatic carbocycles. The minimum Gasteiger partial charge on any atom is -0.404 e. The molecule has 210 valence electrons. The first-order valence-corrected chi connectivity index (χ1v) is 15.3. The Morgan fingerprint density at radius 3 is 2.29 bits per heavy atom. The fourth-order valence-corrected chi connectivity index (χ4v) is 8.18. The van der Waals surface area contributed by atoms with Gasteiger partial charge < -0.3 is 9.30 Å². The standard InChI is InChI=1S/C39H25N5O/c1-24-37(27-19-17-26(18-20-27)25-10-3-2-4-11-25)40-44-39-35-31(14-9-15-32(35)43(24)44)42-30-13-6-5-12-28(30)29-21-22-33(36(39)38(29)42)45-34-16-7-8-23-41(34)39/h2-23H,1H3/q+2. The summed E-state index contributed by atoms with van der Waals surface area (Å²) in [4.78, 5) is 2.21. The van der Waals surface area contributed by atoms with Crippen LogP contribution in [0.4, 0.5) is 0 Å². The van der Waals surface area contributed by atoms with Crippen LogP contribution in [0.5, 0.6) is 11.6 Å². The van der Waals surface area contributed by atoms with E-state index in [2.05, 4.69) is 153 Å². The Morgan fingerprint density at radius 2 is 1.40 bits per heavy atom. The maximum absolute atomic E-state index is 6.70. The molecule has 0 bridgehead atoms. The van der Waals surface area contributed by atoms with Crippen LogP contribution in [0.25, 0.3) is 55.6 Å². The van der Waals surface area contributed by atoms with Gasteiger partial charge >= 0.3 is 11.5 Å². The van der Waals surface area contributed by atoms with Crippen molar-refractivity contribution in [3.05, 3.63) is 150 Å². The number of benzene rings is 5. The number of hydrogen-bond donors (Lipinski definition) is 0. The topological polar surface area (TPSA) is 39.7 Å². The monoisotopic (exact) mass is 579 g/mol. The maximum atomic E-state index is 6.70. The second-order valence-corrected chi connectivity index (χ2v) is 12.1. The molecule has 0 radical (unpaired) electrons. The molecule has 6 nitrogen and oxygen atoms in total. The number of para-hydroxylation sites is 1. The molecule has 8 aromatic rings. The average molecular weight is 580 g/mol. The third kappa shape index (κ3) is 2.62. The van der Waals surface area contributed by atoms with Gasteiger partial charge in [-0.1, -0.05) is 88.1 Å². The van der Waals surface area contributed by atoms with E-state index in [9.17, 15) is 0 Å². The first kappa shape index (κ1) is 23.4. The molecule has 45 heavy (non-hydrogen) atoms. The summed E-state index contributed by atoms with van der Waals surface area (Å²) in [5.74, 6) is 1.64. The van der Waals surface area contributed by atoms with Crippen LogP contribution in [0.1, 0.15) is 16.8 Å². The zero-order chi connectivity index (χ0) is 29.4. The van der Waals surface area contributed by atoms with Gasteiger partial charge in [0.25, 0.3) is 0 Å². The molecule has 6 heterocycles. The van der Waals surface area contributed by atoms with E-state index in [1.807, 2.05) is 6.07 Å². The van der Waals surface area contributed by atoms with Crippen LogP contribution < -0.4 is 14.1 Å². The Kier molecular flexibility index (Phi) is 4.13. The fraction of sp³-hybridized carbons (Fsp3) is 0.0513. The summed E-state index contributed by atoms with van der Waals surface area (Å²) in [7, 11) is 0. The highest BCUT2D eigenvalue weighted by molar-refractivity contribution is 6.12. The summed E-state index contributed by atoms with van der Waals surface area (Å²) < 4.78 is 13.7. The Labute approximate surface area is 258 Å².